The highest BCUT2D eigenvalue weighted by Crippen LogP contribution is 2.21. The Labute approximate surface area is 115 Å². The van der Waals surface area contributed by atoms with E-state index in [1.165, 1.54) is 0 Å². The molecule has 0 aliphatic carbocycles. The fourth-order valence-corrected chi connectivity index (χ4v) is 1.94. The number of nitrogens with two attached hydrogens (primary N) is 1. The summed E-state index contributed by atoms with van der Waals surface area (Å²) in [6.45, 7) is 0. The Bertz CT molecular complexity index is 516. The second-order valence-corrected chi connectivity index (χ2v) is 4.64. The first kappa shape index (κ1) is 13.2. The van der Waals surface area contributed by atoms with Crippen LogP contribution < -0.4 is 11.3 Å². The van der Waals surface area contributed by atoms with Crippen molar-refractivity contribution in [2.75, 3.05) is 0 Å². The van der Waals surface area contributed by atoms with Crippen molar-refractivity contribution < 1.29 is 0 Å². The van der Waals surface area contributed by atoms with E-state index in [1.54, 1.807) is 24.7 Å². The molecule has 2 aromatic heterocycles. The Morgan fingerprint density at radius 1 is 1.22 bits per heavy atom. The number of hydrazine groups is 1. The van der Waals surface area contributed by atoms with E-state index in [1.807, 2.05) is 12.1 Å². The van der Waals surface area contributed by atoms with E-state index >= 15 is 0 Å². The van der Waals surface area contributed by atoms with Gasteiger partial charge in [0.05, 0.1) is 21.8 Å². The predicted molar refractivity (Wildman–Crippen MR) is 72.3 cm³/mol. The zero-order chi connectivity index (χ0) is 13.0. The van der Waals surface area contributed by atoms with Gasteiger partial charge in [0.1, 0.15) is 0 Å². The van der Waals surface area contributed by atoms with E-state index in [0.29, 0.717) is 16.5 Å². The SMILES string of the molecule is NNC(Cc1ccncc1Cl)c1ccc(Cl)cn1. The maximum atomic E-state index is 6.07. The number of hydrogen-bond donors (Lipinski definition) is 2. The van der Waals surface area contributed by atoms with Crippen LogP contribution >= 0.6 is 23.2 Å². The van der Waals surface area contributed by atoms with Gasteiger partial charge in [-0.2, -0.15) is 0 Å². The van der Waals surface area contributed by atoms with Gasteiger partial charge in [-0.15, -0.1) is 0 Å². The summed E-state index contributed by atoms with van der Waals surface area (Å²) in [5.41, 5.74) is 4.51. The fourth-order valence-electron chi connectivity index (χ4n) is 1.63. The van der Waals surface area contributed by atoms with Crippen LogP contribution in [0.3, 0.4) is 0 Å². The van der Waals surface area contributed by atoms with Crippen molar-refractivity contribution in [2.45, 2.75) is 12.5 Å². The summed E-state index contributed by atoms with van der Waals surface area (Å²) in [6, 6.07) is 5.36. The molecule has 1 atom stereocenters. The predicted octanol–water partition coefficient (Wildman–Crippen LogP) is 2.53. The molecule has 0 bridgehead atoms. The largest absolute Gasteiger partial charge is 0.271 e. The highest BCUT2D eigenvalue weighted by Gasteiger charge is 2.13. The monoisotopic (exact) mass is 282 g/mol. The molecule has 0 radical (unpaired) electrons. The lowest BCUT2D eigenvalue weighted by Crippen LogP contribution is -2.30. The molecule has 18 heavy (non-hydrogen) atoms. The first-order valence-corrected chi connectivity index (χ1v) is 6.12. The Balaban J connectivity index is 2.20. The second-order valence-electron chi connectivity index (χ2n) is 3.79. The number of nitrogens with zero attached hydrogens (tertiary/aromatic N) is 2. The number of rotatable bonds is 4. The van der Waals surface area contributed by atoms with Crippen molar-refractivity contribution in [3.63, 3.8) is 0 Å². The van der Waals surface area contributed by atoms with Crippen molar-refractivity contribution in [3.8, 4) is 0 Å². The Kier molecular flexibility index (Phi) is 4.49. The topological polar surface area (TPSA) is 63.8 Å². The van der Waals surface area contributed by atoms with Crippen LogP contribution in [0.25, 0.3) is 0 Å². The van der Waals surface area contributed by atoms with Gasteiger partial charge in [-0.05, 0) is 30.2 Å². The van der Waals surface area contributed by atoms with Gasteiger partial charge in [-0.3, -0.25) is 21.2 Å². The molecular formula is C12H12Cl2N4. The average Bonchev–Trinajstić information content (AvgIpc) is 2.39. The highest BCUT2D eigenvalue weighted by molar-refractivity contribution is 6.31. The van der Waals surface area contributed by atoms with Crippen LogP contribution in [0.1, 0.15) is 17.3 Å². The number of hydrogen-bond acceptors (Lipinski definition) is 4. The van der Waals surface area contributed by atoms with Crippen molar-refractivity contribution in [3.05, 3.63) is 58.1 Å². The van der Waals surface area contributed by atoms with Gasteiger partial charge in [-0.1, -0.05) is 23.2 Å². The molecule has 0 saturated carbocycles. The number of halogens is 2. The summed E-state index contributed by atoms with van der Waals surface area (Å²) in [6.07, 6.45) is 5.53. The average molecular weight is 283 g/mol. The molecule has 2 heterocycles. The molecule has 0 aliphatic heterocycles. The van der Waals surface area contributed by atoms with Crippen LogP contribution in [0.5, 0.6) is 0 Å². The number of nitrogens with one attached hydrogen (secondary N) is 1. The molecule has 2 rings (SSSR count). The summed E-state index contributed by atoms with van der Waals surface area (Å²) in [5, 5.41) is 1.21. The molecule has 4 nitrogen and oxygen atoms in total. The lowest BCUT2D eigenvalue weighted by atomic mass is 10.0. The van der Waals surface area contributed by atoms with Crippen LogP contribution in [0.4, 0.5) is 0 Å². The van der Waals surface area contributed by atoms with Gasteiger partial charge < -0.3 is 0 Å². The molecule has 0 spiro atoms. The summed E-state index contributed by atoms with van der Waals surface area (Å²) < 4.78 is 0. The van der Waals surface area contributed by atoms with E-state index in [-0.39, 0.29) is 6.04 Å². The zero-order valence-electron chi connectivity index (χ0n) is 9.48. The van der Waals surface area contributed by atoms with E-state index in [0.717, 1.165) is 11.3 Å². The van der Waals surface area contributed by atoms with Crippen LogP contribution in [0.2, 0.25) is 10.0 Å². The number of aromatic nitrogens is 2. The third-order valence-corrected chi connectivity index (χ3v) is 3.15. The fraction of sp³-hybridized carbons (Fsp3) is 0.167. The molecule has 2 aromatic rings. The summed E-state index contributed by atoms with van der Waals surface area (Å²) in [4.78, 5) is 8.19. The Hall–Kier alpha value is -1.20. The van der Waals surface area contributed by atoms with Crippen molar-refractivity contribution in [1.82, 2.24) is 15.4 Å². The first-order valence-electron chi connectivity index (χ1n) is 5.36. The molecule has 1 unspecified atom stereocenters. The van der Waals surface area contributed by atoms with Gasteiger partial charge in [0.25, 0.3) is 0 Å². The smallest absolute Gasteiger partial charge is 0.0672 e. The van der Waals surface area contributed by atoms with Crippen LogP contribution in [0, 0.1) is 0 Å². The quantitative estimate of drug-likeness (QED) is 0.668. The van der Waals surface area contributed by atoms with E-state index in [2.05, 4.69) is 15.4 Å². The lowest BCUT2D eigenvalue weighted by molar-refractivity contribution is 0.538. The number of pyridine rings is 2. The van der Waals surface area contributed by atoms with Gasteiger partial charge >= 0.3 is 0 Å². The van der Waals surface area contributed by atoms with E-state index in [4.69, 9.17) is 29.0 Å². The highest BCUT2D eigenvalue weighted by atomic mass is 35.5. The first-order chi connectivity index (χ1) is 8.70. The third-order valence-electron chi connectivity index (χ3n) is 2.59. The standard InChI is InChI=1S/C12H12Cl2N4/c13-9-1-2-11(17-6-9)12(18-15)5-8-3-4-16-7-10(8)14/h1-4,6-7,12,18H,5,15H2. The molecular weight excluding hydrogens is 271 g/mol. The molecule has 0 aromatic carbocycles. The molecule has 6 heteroatoms. The molecule has 0 fully saturated rings. The second kappa shape index (κ2) is 6.11. The minimum absolute atomic E-state index is 0.123. The van der Waals surface area contributed by atoms with Gasteiger partial charge in [0, 0.05) is 18.6 Å². The minimum atomic E-state index is -0.123. The molecule has 0 aliphatic rings. The van der Waals surface area contributed by atoms with Crippen LogP contribution in [-0.2, 0) is 6.42 Å². The maximum Gasteiger partial charge on any atom is 0.0672 e. The zero-order valence-corrected chi connectivity index (χ0v) is 11.0. The molecule has 3 N–H and O–H groups in total. The van der Waals surface area contributed by atoms with Crippen molar-refractivity contribution >= 4 is 23.2 Å². The van der Waals surface area contributed by atoms with E-state index in [9.17, 15) is 0 Å². The normalized spacial score (nSPS) is 12.4. The van der Waals surface area contributed by atoms with Crippen LogP contribution in [0.15, 0.2) is 36.8 Å². The summed E-state index contributed by atoms with van der Waals surface area (Å²) >= 11 is 11.9. The summed E-state index contributed by atoms with van der Waals surface area (Å²) in [7, 11) is 0. The Morgan fingerprint density at radius 2 is 2.06 bits per heavy atom. The Morgan fingerprint density at radius 3 is 2.67 bits per heavy atom. The van der Waals surface area contributed by atoms with Crippen molar-refractivity contribution in [2.24, 2.45) is 5.84 Å². The molecule has 0 amide bonds. The molecule has 94 valence electrons. The lowest BCUT2D eigenvalue weighted by Gasteiger charge is -2.16. The van der Waals surface area contributed by atoms with E-state index < -0.39 is 0 Å². The third kappa shape index (κ3) is 3.17. The van der Waals surface area contributed by atoms with Crippen molar-refractivity contribution in [1.29, 1.82) is 0 Å². The van der Waals surface area contributed by atoms with Gasteiger partial charge in [0.2, 0.25) is 0 Å². The maximum absolute atomic E-state index is 6.07. The summed E-state index contributed by atoms with van der Waals surface area (Å²) in [5.74, 6) is 5.56. The van der Waals surface area contributed by atoms with Gasteiger partial charge in [-0.25, -0.2) is 0 Å². The molecule has 0 saturated heterocycles. The van der Waals surface area contributed by atoms with Crippen LogP contribution in [-0.4, -0.2) is 9.97 Å². The minimum Gasteiger partial charge on any atom is -0.271 e. The van der Waals surface area contributed by atoms with Gasteiger partial charge in [0.15, 0.2) is 0 Å².